The number of carbonyl (C=O) groups excluding carboxylic acids is 1. The van der Waals surface area contributed by atoms with Crippen LogP contribution < -0.4 is 4.74 Å². The molecule has 104 valence electrons. The summed E-state index contributed by atoms with van der Waals surface area (Å²) in [6.07, 6.45) is 0.587. The third kappa shape index (κ3) is 2.99. The highest BCUT2D eigenvalue weighted by Gasteiger charge is 2.14. The number of carbonyl (C=O) groups is 1. The van der Waals surface area contributed by atoms with E-state index in [1.54, 1.807) is 12.1 Å². The third-order valence-corrected chi connectivity index (χ3v) is 3.22. The van der Waals surface area contributed by atoms with Crippen molar-refractivity contribution in [2.75, 3.05) is 0 Å². The smallest absolute Gasteiger partial charge is 0.161 e. The highest BCUT2D eigenvalue weighted by atomic mass is 16.5. The fourth-order valence-electron chi connectivity index (χ4n) is 2.15. The van der Waals surface area contributed by atoms with Crippen LogP contribution in [0.15, 0.2) is 42.5 Å². The predicted molar refractivity (Wildman–Crippen MR) is 78.3 cm³/mol. The van der Waals surface area contributed by atoms with Crippen LogP contribution in [0, 0.1) is 0 Å². The van der Waals surface area contributed by atoms with E-state index in [-0.39, 0.29) is 11.5 Å². The Kier molecular flexibility index (Phi) is 4.41. The third-order valence-electron chi connectivity index (χ3n) is 3.22. The summed E-state index contributed by atoms with van der Waals surface area (Å²) in [5.74, 6) is 0.429. The molecular formula is C17H18O3. The lowest BCUT2D eigenvalue weighted by atomic mass is 10.0. The summed E-state index contributed by atoms with van der Waals surface area (Å²) in [6.45, 7) is 3.79. The van der Waals surface area contributed by atoms with Crippen molar-refractivity contribution in [3.8, 4) is 11.5 Å². The molecule has 0 unspecified atom stereocenters. The van der Waals surface area contributed by atoms with Gasteiger partial charge in [0.2, 0.25) is 0 Å². The molecule has 1 N–H and O–H groups in total. The molecule has 2 rings (SSSR count). The zero-order valence-electron chi connectivity index (χ0n) is 11.7. The Hall–Kier alpha value is -2.29. The molecule has 3 nitrogen and oxygen atoms in total. The molecule has 0 radical (unpaired) electrons. The molecule has 0 saturated heterocycles. The summed E-state index contributed by atoms with van der Waals surface area (Å²) < 4.78 is 5.64. The fraction of sp³-hybridized carbons (Fsp3) is 0.235. The molecule has 20 heavy (non-hydrogen) atoms. The van der Waals surface area contributed by atoms with E-state index < -0.39 is 0 Å². The van der Waals surface area contributed by atoms with Crippen molar-refractivity contribution >= 4 is 5.78 Å². The number of ketones is 1. The van der Waals surface area contributed by atoms with Gasteiger partial charge in [0.1, 0.15) is 6.61 Å². The summed E-state index contributed by atoms with van der Waals surface area (Å²) in [7, 11) is 0. The normalized spacial score (nSPS) is 10.3. The molecule has 0 aliphatic rings. The molecule has 0 atom stereocenters. The molecule has 3 heteroatoms. The summed E-state index contributed by atoms with van der Waals surface area (Å²) in [5, 5.41) is 10.2. The maximum Gasteiger partial charge on any atom is 0.161 e. The van der Waals surface area contributed by atoms with Crippen molar-refractivity contribution in [3.63, 3.8) is 0 Å². The monoisotopic (exact) mass is 270 g/mol. The van der Waals surface area contributed by atoms with E-state index in [2.05, 4.69) is 0 Å². The van der Waals surface area contributed by atoms with Crippen LogP contribution in [-0.4, -0.2) is 10.9 Å². The summed E-state index contributed by atoms with van der Waals surface area (Å²) in [5.41, 5.74) is 2.22. The van der Waals surface area contributed by atoms with Crippen LogP contribution in [0.3, 0.4) is 0 Å². The SMILES string of the molecule is CCc1c(C(C)=O)ccc(OCc2ccccc2)c1O. The minimum atomic E-state index is -0.0493. The van der Waals surface area contributed by atoms with Crippen molar-refractivity contribution in [2.45, 2.75) is 26.9 Å². The Balaban J connectivity index is 2.23. The first-order valence-corrected chi connectivity index (χ1v) is 6.66. The number of rotatable bonds is 5. The van der Waals surface area contributed by atoms with Crippen LogP contribution in [-0.2, 0) is 13.0 Å². The van der Waals surface area contributed by atoms with E-state index >= 15 is 0 Å². The Morgan fingerprint density at radius 2 is 1.85 bits per heavy atom. The Morgan fingerprint density at radius 1 is 1.15 bits per heavy atom. The molecule has 2 aromatic carbocycles. The molecule has 0 bridgehead atoms. The van der Waals surface area contributed by atoms with Gasteiger partial charge in [-0.25, -0.2) is 0 Å². The van der Waals surface area contributed by atoms with Crippen LogP contribution >= 0.6 is 0 Å². The standard InChI is InChI=1S/C17H18O3/c1-3-14-15(12(2)18)9-10-16(17(14)19)20-11-13-7-5-4-6-8-13/h4-10,19H,3,11H2,1-2H3. The topological polar surface area (TPSA) is 46.5 Å². The van der Waals surface area contributed by atoms with Crippen molar-refractivity contribution < 1.29 is 14.6 Å². The second-order valence-electron chi connectivity index (χ2n) is 4.62. The zero-order chi connectivity index (χ0) is 14.5. The molecule has 0 aliphatic carbocycles. The van der Waals surface area contributed by atoms with Gasteiger partial charge in [0.25, 0.3) is 0 Å². The van der Waals surface area contributed by atoms with E-state index in [4.69, 9.17) is 4.74 Å². The largest absolute Gasteiger partial charge is 0.504 e. The number of hydrogen-bond acceptors (Lipinski definition) is 3. The molecule has 0 spiro atoms. The van der Waals surface area contributed by atoms with Gasteiger partial charge in [0, 0.05) is 11.1 Å². The lowest BCUT2D eigenvalue weighted by Crippen LogP contribution is -2.02. The first kappa shape index (κ1) is 14.1. The number of hydrogen-bond donors (Lipinski definition) is 1. The number of phenols is 1. The minimum Gasteiger partial charge on any atom is -0.504 e. The Bertz CT molecular complexity index is 603. The highest BCUT2D eigenvalue weighted by molar-refractivity contribution is 5.96. The van der Waals surface area contributed by atoms with Crippen LogP contribution in [0.5, 0.6) is 11.5 Å². The number of ether oxygens (including phenoxy) is 1. The summed E-state index contributed by atoms with van der Waals surface area (Å²) >= 11 is 0. The van der Waals surface area contributed by atoms with Crippen LogP contribution in [0.4, 0.5) is 0 Å². The van der Waals surface area contributed by atoms with Crippen molar-refractivity contribution in [2.24, 2.45) is 0 Å². The second-order valence-corrected chi connectivity index (χ2v) is 4.62. The van der Waals surface area contributed by atoms with E-state index in [0.29, 0.717) is 29.9 Å². The first-order valence-electron chi connectivity index (χ1n) is 6.66. The van der Waals surface area contributed by atoms with Gasteiger partial charge in [-0.05, 0) is 31.0 Å². The lowest BCUT2D eigenvalue weighted by molar-refractivity contribution is 0.101. The van der Waals surface area contributed by atoms with Gasteiger partial charge >= 0.3 is 0 Å². The first-order chi connectivity index (χ1) is 9.63. The van der Waals surface area contributed by atoms with Crippen LogP contribution in [0.2, 0.25) is 0 Å². The summed E-state index contributed by atoms with van der Waals surface area (Å²) in [4.78, 5) is 11.5. The van der Waals surface area contributed by atoms with Crippen molar-refractivity contribution in [1.82, 2.24) is 0 Å². The molecule has 0 heterocycles. The zero-order valence-corrected chi connectivity index (χ0v) is 11.7. The minimum absolute atomic E-state index is 0.0493. The second kappa shape index (κ2) is 6.24. The number of phenolic OH excluding ortho intramolecular Hbond substituents is 1. The Morgan fingerprint density at radius 3 is 2.45 bits per heavy atom. The van der Waals surface area contributed by atoms with E-state index in [9.17, 15) is 9.90 Å². The van der Waals surface area contributed by atoms with E-state index in [1.165, 1.54) is 6.92 Å². The van der Waals surface area contributed by atoms with Gasteiger partial charge in [-0.2, -0.15) is 0 Å². The predicted octanol–water partition coefficient (Wildman–Crippen LogP) is 3.74. The number of benzene rings is 2. The molecule has 0 aliphatic heterocycles. The van der Waals surface area contributed by atoms with Gasteiger partial charge in [0.15, 0.2) is 17.3 Å². The summed E-state index contributed by atoms with van der Waals surface area (Å²) in [6, 6.07) is 13.1. The molecule has 2 aromatic rings. The maximum atomic E-state index is 11.5. The van der Waals surface area contributed by atoms with Gasteiger partial charge in [-0.15, -0.1) is 0 Å². The molecule has 0 aromatic heterocycles. The Labute approximate surface area is 118 Å². The average Bonchev–Trinajstić information content (AvgIpc) is 2.46. The van der Waals surface area contributed by atoms with Crippen LogP contribution in [0.1, 0.15) is 35.3 Å². The van der Waals surface area contributed by atoms with Gasteiger partial charge in [-0.1, -0.05) is 37.3 Å². The van der Waals surface area contributed by atoms with Crippen LogP contribution in [0.25, 0.3) is 0 Å². The van der Waals surface area contributed by atoms with Gasteiger partial charge < -0.3 is 9.84 Å². The van der Waals surface area contributed by atoms with Gasteiger partial charge in [0.05, 0.1) is 0 Å². The molecule has 0 saturated carbocycles. The van der Waals surface area contributed by atoms with Crippen molar-refractivity contribution in [3.05, 3.63) is 59.2 Å². The van der Waals surface area contributed by atoms with E-state index in [1.807, 2.05) is 37.3 Å². The highest BCUT2D eigenvalue weighted by Crippen LogP contribution is 2.33. The molecule has 0 fully saturated rings. The quantitative estimate of drug-likeness (QED) is 0.842. The van der Waals surface area contributed by atoms with E-state index in [0.717, 1.165) is 5.56 Å². The fourth-order valence-corrected chi connectivity index (χ4v) is 2.15. The lowest BCUT2D eigenvalue weighted by Gasteiger charge is -2.13. The van der Waals surface area contributed by atoms with Crippen molar-refractivity contribution in [1.29, 1.82) is 0 Å². The van der Waals surface area contributed by atoms with Gasteiger partial charge in [-0.3, -0.25) is 4.79 Å². The number of aromatic hydroxyl groups is 1. The molecular weight excluding hydrogens is 252 g/mol. The average molecular weight is 270 g/mol. The maximum absolute atomic E-state index is 11.5. The molecule has 0 amide bonds. The number of Topliss-reactive ketones (excluding diaryl/α,β-unsaturated/α-hetero) is 1.